The number of hydrogen-bond donors (Lipinski definition) is 2. The molecule has 32 heavy (non-hydrogen) atoms. The summed E-state index contributed by atoms with van der Waals surface area (Å²) in [4.78, 5) is 17.1. The average molecular weight is 447 g/mol. The second-order valence-corrected chi connectivity index (χ2v) is 7.67. The molecule has 9 nitrogen and oxygen atoms in total. The van der Waals surface area contributed by atoms with Crippen molar-refractivity contribution in [2.45, 2.75) is 32.4 Å². The Bertz CT molecular complexity index is 1110. The normalized spacial score (nSPS) is 14.4. The van der Waals surface area contributed by atoms with Gasteiger partial charge in [-0.15, -0.1) is 0 Å². The zero-order valence-corrected chi connectivity index (χ0v) is 17.5. The molecule has 1 saturated carbocycles. The summed E-state index contributed by atoms with van der Waals surface area (Å²) >= 11 is 0. The van der Waals surface area contributed by atoms with Gasteiger partial charge in [-0.05, 0) is 43.9 Å². The number of nitrogens with zero attached hydrogens (tertiary/aromatic N) is 3. The summed E-state index contributed by atoms with van der Waals surface area (Å²) in [6, 6.07) is 3.74. The van der Waals surface area contributed by atoms with Crippen LogP contribution in [0.15, 0.2) is 35.0 Å². The molecular formula is C21H23F2N5O4. The van der Waals surface area contributed by atoms with E-state index >= 15 is 0 Å². The molecule has 0 radical (unpaired) electrons. The molecule has 1 aliphatic rings. The summed E-state index contributed by atoms with van der Waals surface area (Å²) in [6.45, 7) is -0.925. The number of amides is 1. The molecule has 2 aromatic heterocycles. The molecule has 0 unspecified atom stereocenters. The van der Waals surface area contributed by atoms with E-state index in [1.165, 1.54) is 24.4 Å². The van der Waals surface area contributed by atoms with Gasteiger partial charge in [0.05, 0.1) is 24.5 Å². The first-order valence-corrected chi connectivity index (χ1v) is 10.1. The standard InChI is InChI=1S/C21H23F2N5O4/c1-11(24)18-17(19(29)26-14-8-25-28(2)9-14)27-20(32-18)13-5-6-15(31-21(22)23)16(7-13)30-10-12-3-4-12/h5-9,11-12,21H,3-4,10,24H2,1-2H3,(H,26,29)/t11-/m0/s1. The smallest absolute Gasteiger partial charge is 0.387 e. The van der Waals surface area contributed by atoms with Gasteiger partial charge in [0.15, 0.2) is 23.0 Å². The minimum atomic E-state index is -2.99. The van der Waals surface area contributed by atoms with E-state index in [-0.39, 0.29) is 28.8 Å². The van der Waals surface area contributed by atoms with E-state index in [9.17, 15) is 13.6 Å². The molecule has 1 atom stereocenters. The van der Waals surface area contributed by atoms with Crippen molar-refractivity contribution in [3.05, 3.63) is 42.0 Å². The lowest BCUT2D eigenvalue weighted by Crippen LogP contribution is -2.17. The Hall–Kier alpha value is -3.47. The summed E-state index contributed by atoms with van der Waals surface area (Å²) in [7, 11) is 1.72. The van der Waals surface area contributed by atoms with Gasteiger partial charge < -0.3 is 24.9 Å². The Morgan fingerprint density at radius 3 is 2.78 bits per heavy atom. The number of hydrogen-bond acceptors (Lipinski definition) is 7. The lowest BCUT2D eigenvalue weighted by molar-refractivity contribution is -0.0515. The van der Waals surface area contributed by atoms with Crippen LogP contribution in [0.1, 0.15) is 42.1 Å². The summed E-state index contributed by atoms with van der Waals surface area (Å²) in [6.07, 6.45) is 5.21. The third-order valence-electron chi connectivity index (χ3n) is 4.82. The summed E-state index contributed by atoms with van der Waals surface area (Å²) in [5, 5.41) is 6.69. The van der Waals surface area contributed by atoms with Crippen LogP contribution in [0, 0.1) is 5.92 Å². The van der Waals surface area contributed by atoms with E-state index in [0.717, 1.165) is 12.8 Å². The van der Waals surface area contributed by atoms with Crippen molar-refractivity contribution in [2.24, 2.45) is 18.7 Å². The van der Waals surface area contributed by atoms with Crippen molar-refractivity contribution >= 4 is 11.6 Å². The fraction of sp³-hybridized carbons (Fsp3) is 0.381. The van der Waals surface area contributed by atoms with Gasteiger partial charge in [0.1, 0.15) is 0 Å². The Balaban J connectivity index is 1.63. The maximum Gasteiger partial charge on any atom is 0.387 e. The minimum absolute atomic E-state index is 0.0206. The van der Waals surface area contributed by atoms with Crippen LogP contribution in [0.25, 0.3) is 11.5 Å². The first kappa shape index (κ1) is 21.8. The highest BCUT2D eigenvalue weighted by atomic mass is 19.3. The number of nitrogens with one attached hydrogen (secondary N) is 1. The lowest BCUT2D eigenvalue weighted by Gasteiger charge is -2.12. The first-order valence-electron chi connectivity index (χ1n) is 10.1. The molecule has 0 saturated heterocycles. The first-order chi connectivity index (χ1) is 15.3. The molecule has 0 bridgehead atoms. The Kier molecular flexibility index (Phi) is 6.08. The van der Waals surface area contributed by atoms with Crippen LogP contribution in [0.5, 0.6) is 11.5 Å². The third kappa shape index (κ3) is 5.05. The van der Waals surface area contributed by atoms with Crippen LogP contribution < -0.4 is 20.5 Å². The topological polar surface area (TPSA) is 117 Å². The predicted molar refractivity (Wildman–Crippen MR) is 111 cm³/mol. The van der Waals surface area contributed by atoms with Crippen molar-refractivity contribution in [3.63, 3.8) is 0 Å². The number of benzene rings is 1. The van der Waals surface area contributed by atoms with E-state index in [2.05, 4.69) is 20.1 Å². The molecule has 11 heteroatoms. The quantitative estimate of drug-likeness (QED) is 0.513. The highest BCUT2D eigenvalue weighted by Crippen LogP contribution is 2.37. The van der Waals surface area contributed by atoms with Crippen molar-refractivity contribution in [1.29, 1.82) is 0 Å². The highest BCUT2D eigenvalue weighted by molar-refractivity contribution is 6.03. The molecule has 3 N–H and O–H groups in total. The van der Waals surface area contributed by atoms with E-state index < -0.39 is 18.6 Å². The van der Waals surface area contributed by atoms with Gasteiger partial charge in [-0.1, -0.05) is 0 Å². The Labute approximate surface area is 182 Å². The number of rotatable bonds is 9. The van der Waals surface area contributed by atoms with Crippen LogP contribution in [-0.2, 0) is 7.05 Å². The van der Waals surface area contributed by atoms with Crippen molar-refractivity contribution in [2.75, 3.05) is 11.9 Å². The lowest BCUT2D eigenvalue weighted by atomic mass is 10.2. The van der Waals surface area contributed by atoms with Gasteiger partial charge in [-0.2, -0.15) is 13.9 Å². The van der Waals surface area contributed by atoms with Crippen LogP contribution in [-0.4, -0.2) is 33.9 Å². The molecule has 3 aromatic rings. The Morgan fingerprint density at radius 1 is 1.38 bits per heavy atom. The fourth-order valence-electron chi connectivity index (χ4n) is 3.04. The number of anilines is 1. The van der Waals surface area contributed by atoms with Gasteiger partial charge in [-0.3, -0.25) is 9.48 Å². The van der Waals surface area contributed by atoms with E-state index in [4.69, 9.17) is 14.9 Å². The molecule has 1 fully saturated rings. The van der Waals surface area contributed by atoms with Crippen molar-refractivity contribution in [3.8, 4) is 23.0 Å². The molecular weight excluding hydrogens is 424 g/mol. The number of carbonyl (C=O) groups excluding carboxylic acids is 1. The number of halogens is 2. The molecule has 1 amide bonds. The van der Waals surface area contributed by atoms with Crippen molar-refractivity contribution < 1.29 is 27.5 Å². The predicted octanol–water partition coefficient (Wildman–Crippen LogP) is 3.74. The van der Waals surface area contributed by atoms with Gasteiger partial charge in [-0.25, -0.2) is 4.98 Å². The summed E-state index contributed by atoms with van der Waals surface area (Å²) in [5.74, 6) is 0.258. The molecule has 1 aliphatic carbocycles. The zero-order valence-electron chi connectivity index (χ0n) is 17.5. The number of oxazole rings is 1. The van der Waals surface area contributed by atoms with Crippen LogP contribution >= 0.6 is 0 Å². The second-order valence-electron chi connectivity index (χ2n) is 7.67. The maximum atomic E-state index is 12.8. The number of ether oxygens (including phenoxy) is 2. The van der Waals surface area contributed by atoms with Crippen LogP contribution in [0.2, 0.25) is 0 Å². The molecule has 2 heterocycles. The maximum absolute atomic E-state index is 12.8. The summed E-state index contributed by atoms with van der Waals surface area (Å²) < 4.78 is 43.1. The zero-order chi connectivity index (χ0) is 22.8. The number of alkyl halides is 2. The van der Waals surface area contributed by atoms with Gasteiger partial charge in [0.2, 0.25) is 5.89 Å². The minimum Gasteiger partial charge on any atom is -0.489 e. The highest BCUT2D eigenvalue weighted by Gasteiger charge is 2.26. The third-order valence-corrected chi connectivity index (χ3v) is 4.82. The molecule has 170 valence electrons. The summed E-state index contributed by atoms with van der Waals surface area (Å²) in [5.41, 5.74) is 6.92. The van der Waals surface area contributed by atoms with Crippen LogP contribution in [0.3, 0.4) is 0 Å². The largest absolute Gasteiger partial charge is 0.489 e. The van der Waals surface area contributed by atoms with E-state index in [1.54, 1.807) is 24.9 Å². The number of carbonyl (C=O) groups is 1. The molecule has 4 rings (SSSR count). The fourth-order valence-corrected chi connectivity index (χ4v) is 3.04. The second kappa shape index (κ2) is 8.95. The average Bonchev–Trinajstić information content (AvgIpc) is 3.30. The molecule has 0 spiro atoms. The number of aryl methyl sites for hydroxylation is 1. The van der Waals surface area contributed by atoms with Gasteiger partial charge in [0, 0.05) is 18.8 Å². The molecule has 1 aromatic carbocycles. The molecule has 0 aliphatic heterocycles. The number of nitrogens with two attached hydrogens (primary N) is 1. The SMILES string of the molecule is C[C@H](N)c1oc(-c2ccc(OC(F)F)c(OCC3CC3)c2)nc1C(=O)Nc1cnn(C)c1. The van der Waals surface area contributed by atoms with Gasteiger partial charge in [0.25, 0.3) is 5.91 Å². The number of aromatic nitrogens is 3. The van der Waals surface area contributed by atoms with E-state index in [0.29, 0.717) is 23.8 Å². The monoisotopic (exact) mass is 447 g/mol. The van der Waals surface area contributed by atoms with Crippen LogP contribution in [0.4, 0.5) is 14.5 Å². The van der Waals surface area contributed by atoms with E-state index in [1.807, 2.05) is 0 Å². The Morgan fingerprint density at radius 2 is 2.16 bits per heavy atom. The van der Waals surface area contributed by atoms with Crippen molar-refractivity contribution in [1.82, 2.24) is 14.8 Å². The van der Waals surface area contributed by atoms with Gasteiger partial charge >= 0.3 is 6.61 Å².